The zero-order chi connectivity index (χ0) is 13.8. The van der Waals surface area contributed by atoms with E-state index in [0.717, 1.165) is 13.0 Å². The number of nitrogens with zero attached hydrogens (tertiary/aromatic N) is 1. The van der Waals surface area contributed by atoms with Crippen molar-refractivity contribution >= 4 is 5.97 Å². The number of hydrogen-bond acceptors (Lipinski definition) is 4. The van der Waals surface area contributed by atoms with Crippen molar-refractivity contribution in [1.82, 2.24) is 4.90 Å². The molecule has 1 saturated heterocycles. The Morgan fingerprint density at radius 2 is 2.32 bits per heavy atom. The van der Waals surface area contributed by atoms with E-state index in [-0.39, 0.29) is 5.75 Å². The molecular formula is C14H19NO4. The fourth-order valence-electron chi connectivity index (χ4n) is 2.48. The number of phenolic OH excluding ortho intramolecular Hbond substituents is 1. The second kappa shape index (κ2) is 5.93. The number of carboxylic acids is 1. The van der Waals surface area contributed by atoms with Crippen LogP contribution in [-0.4, -0.2) is 40.3 Å². The van der Waals surface area contributed by atoms with E-state index in [0.29, 0.717) is 30.9 Å². The molecule has 1 aromatic carbocycles. The van der Waals surface area contributed by atoms with Crippen LogP contribution in [0.5, 0.6) is 11.5 Å². The van der Waals surface area contributed by atoms with Gasteiger partial charge in [-0.3, -0.25) is 9.69 Å². The molecular weight excluding hydrogens is 246 g/mol. The van der Waals surface area contributed by atoms with Gasteiger partial charge in [-0.25, -0.2) is 0 Å². The van der Waals surface area contributed by atoms with E-state index in [1.54, 1.807) is 12.1 Å². The third-order valence-corrected chi connectivity index (χ3v) is 3.40. The summed E-state index contributed by atoms with van der Waals surface area (Å²) in [5.74, 6) is -0.232. The molecule has 104 valence electrons. The van der Waals surface area contributed by atoms with Crippen molar-refractivity contribution in [1.29, 1.82) is 0 Å². The molecule has 1 atom stereocenters. The van der Waals surface area contributed by atoms with Crippen LogP contribution >= 0.6 is 0 Å². The zero-order valence-electron chi connectivity index (χ0n) is 11.0. The largest absolute Gasteiger partial charge is 0.504 e. The fourth-order valence-corrected chi connectivity index (χ4v) is 2.48. The Kier molecular flexibility index (Phi) is 4.27. The van der Waals surface area contributed by atoms with E-state index in [4.69, 9.17) is 9.84 Å². The Morgan fingerprint density at radius 1 is 1.53 bits per heavy atom. The monoisotopic (exact) mass is 265 g/mol. The predicted octanol–water partition coefficient (Wildman–Crippen LogP) is 1.84. The molecule has 2 N–H and O–H groups in total. The van der Waals surface area contributed by atoms with Crippen molar-refractivity contribution < 1.29 is 19.7 Å². The van der Waals surface area contributed by atoms with Crippen LogP contribution in [0.1, 0.15) is 25.3 Å². The van der Waals surface area contributed by atoms with Gasteiger partial charge in [0.15, 0.2) is 11.5 Å². The quantitative estimate of drug-likeness (QED) is 0.850. The van der Waals surface area contributed by atoms with Crippen LogP contribution in [0, 0.1) is 0 Å². The lowest BCUT2D eigenvalue weighted by Crippen LogP contribution is -2.35. The molecule has 0 aliphatic carbocycles. The van der Waals surface area contributed by atoms with Crippen LogP contribution in [0.15, 0.2) is 18.2 Å². The molecule has 0 saturated carbocycles. The molecule has 0 aromatic heterocycles. The second-order valence-electron chi connectivity index (χ2n) is 4.66. The first kappa shape index (κ1) is 13.7. The van der Waals surface area contributed by atoms with Gasteiger partial charge in [0.1, 0.15) is 6.04 Å². The molecule has 5 nitrogen and oxygen atoms in total. The minimum atomic E-state index is -0.794. The first-order valence-corrected chi connectivity index (χ1v) is 6.54. The van der Waals surface area contributed by atoms with Gasteiger partial charge in [-0.15, -0.1) is 0 Å². The Bertz CT molecular complexity index is 461. The van der Waals surface area contributed by atoms with Crippen molar-refractivity contribution in [2.75, 3.05) is 13.2 Å². The topological polar surface area (TPSA) is 70.0 Å². The minimum Gasteiger partial charge on any atom is -0.504 e. The number of benzene rings is 1. The maximum absolute atomic E-state index is 11.1. The van der Waals surface area contributed by atoms with Crippen LogP contribution in [0.2, 0.25) is 0 Å². The third kappa shape index (κ3) is 2.98. The molecule has 5 heteroatoms. The standard InChI is InChI=1S/C14H19NO4/c1-2-19-12-7-3-5-10(13(12)16)9-15-8-4-6-11(15)14(17)18/h3,5,7,11,16H,2,4,6,8-9H2,1H3,(H,17,18). The SMILES string of the molecule is CCOc1cccc(CN2CCCC2C(=O)O)c1O. The summed E-state index contributed by atoms with van der Waals surface area (Å²) in [5.41, 5.74) is 0.708. The average molecular weight is 265 g/mol. The van der Waals surface area contributed by atoms with Gasteiger partial charge in [-0.1, -0.05) is 12.1 Å². The van der Waals surface area contributed by atoms with Gasteiger partial charge in [0.2, 0.25) is 0 Å². The highest BCUT2D eigenvalue weighted by molar-refractivity contribution is 5.73. The fraction of sp³-hybridized carbons (Fsp3) is 0.500. The number of phenols is 1. The number of para-hydroxylation sites is 1. The van der Waals surface area contributed by atoms with Gasteiger partial charge in [0.05, 0.1) is 6.61 Å². The van der Waals surface area contributed by atoms with Gasteiger partial charge in [-0.2, -0.15) is 0 Å². The van der Waals surface area contributed by atoms with E-state index in [2.05, 4.69) is 0 Å². The lowest BCUT2D eigenvalue weighted by Gasteiger charge is -2.22. The number of carboxylic acid groups (broad SMARTS) is 1. The summed E-state index contributed by atoms with van der Waals surface area (Å²) < 4.78 is 5.33. The number of ether oxygens (including phenoxy) is 1. The van der Waals surface area contributed by atoms with Crippen molar-refractivity contribution in [2.45, 2.75) is 32.4 Å². The highest BCUT2D eigenvalue weighted by Crippen LogP contribution is 2.32. The van der Waals surface area contributed by atoms with Crippen LogP contribution in [0.4, 0.5) is 0 Å². The number of rotatable bonds is 5. The van der Waals surface area contributed by atoms with Gasteiger partial charge in [0.25, 0.3) is 0 Å². The van der Waals surface area contributed by atoms with Gasteiger partial charge in [-0.05, 0) is 32.4 Å². The molecule has 2 rings (SSSR count). The minimum absolute atomic E-state index is 0.111. The summed E-state index contributed by atoms with van der Waals surface area (Å²) in [6.45, 7) is 3.52. The zero-order valence-corrected chi connectivity index (χ0v) is 11.0. The van der Waals surface area contributed by atoms with E-state index < -0.39 is 12.0 Å². The van der Waals surface area contributed by atoms with Crippen molar-refractivity contribution in [3.63, 3.8) is 0 Å². The first-order chi connectivity index (χ1) is 9.13. The number of aliphatic carboxylic acids is 1. The molecule has 1 aliphatic rings. The van der Waals surface area contributed by atoms with E-state index in [9.17, 15) is 9.90 Å². The highest BCUT2D eigenvalue weighted by atomic mass is 16.5. The second-order valence-corrected chi connectivity index (χ2v) is 4.66. The van der Waals surface area contributed by atoms with Crippen LogP contribution in [-0.2, 0) is 11.3 Å². The normalized spacial score (nSPS) is 19.5. The Morgan fingerprint density at radius 3 is 3.00 bits per heavy atom. The average Bonchev–Trinajstić information content (AvgIpc) is 2.83. The molecule has 1 unspecified atom stereocenters. The summed E-state index contributed by atoms with van der Waals surface area (Å²) in [6, 6.07) is 4.87. The molecule has 0 bridgehead atoms. The van der Waals surface area contributed by atoms with Crippen LogP contribution in [0.25, 0.3) is 0 Å². The lowest BCUT2D eigenvalue weighted by molar-refractivity contribution is -0.142. The van der Waals surface area contributed by atoms with E-state index in [1.165, 1.54) is 0 Å². The van der Waals surface area contributed by atoms with Crippen molar-refractivity contribution in [3.8, 4) is 11.5 Å². The van der Waals surface area contributed by atoms with Gasteiger partial charge in [0, 0.05) is 12.1 Å². The molecule has 1 aromatic rings. The van der Waals surface area contributed by atoms with Crippen molar-refractivity contribution in [3.05, 3.63) is 23.8 Å². The Hall–Kier alpha value is -1.75. The Labute approximate surface area is 112 Å². The predicted molar refractivity (Wildman–Crippen MR) is 70.3 cm³/mol. The maximum atomic E-state index is 11.1. The van der Waals surface area contributed by atoms with Gasteiger partial charge >= 0.3 is 5.97 Å². The summed E-state index contributed by atoms with van der Waals surface area (Å²) in [7, 11) is 0. The Balaban J connectivity index is 2.14. The molecule has 1 heterocycles. The molecule has 19 heavy (non-hydrogen) atoms. The number of carbonyl (C=O) groups is 1. The summed E-state index contributed by atoms with van der Waals surface area (Å²) in [4.78, 5) is 13.0. The van der Waals surface area contributed by atoms with Crippen LogP contribution in [0.3, 0.4) is 0 Å². The van der Waals surface area contributed by atoms with E-state index in [1.807, 2.05) is 17.9 Å². The lowest BCUT2D eigenvalue weighted by atomic mass is 10.1. The molecule has 1 fully saturated rings. The number of likely N-dealkylation sites (tertiary alicyclic amines) is 1. The number of aromatic hydroxyl groups is 1. The summed E-state index contributed by atoms with van der Waals surface area (Å²) in [5, 5.41) is 19.2. The smallest absolute Gasteiger partial charge is 0.320 e. The maximum Gasteiger partial charge on any atom is 0.320 e. The molecule has 0 amide bonds. The molecule has 0 radical (unpaired) electrons. The summed E-state index contributed by atoms with van der Waals surface area (Å²) >= 11 is 0. The van der Waals surface area contributed by atoms with Crippen molar-refractivity contribution in [2.24, 2.45) is 0 Å². The number of hydrogen-bond donors (Lipinski definition) is 2. The van der Waals surface area contributed by atoms with E-state index >= 15 is 0 Å². The van der Waals surface area contributed by atoms with Crippen LogP contribution < -0.4 is 4.74 Å². The third-order valence-electron chi connectivity index (χ3n) is 3.40. The molecule has 0 spiro atoms. The first-order valence-electron chi connectivity index (χ1n) is 6.54. The summed E-state index contributed by atoms with van der Waals surface area (Å²) in [6.07, 6.45) is 1.55. The highest BCUT2D eigenvalue weighted by Gasteiger charge is 2.30. The van der Waals surface area contributed by atoms with Gasteiger partial charge < -0.3 is 14.9 Å². The molecule has 1 aliphatic heterocycles.